The number of amides is 1. The van der Waals surface area contributed by atoms with Gasteiger partial charge in [-0.25, -0.2) is 0 Å². The van der Waals surface area contributed by atoms with Crippen molar-refractivity contribution in [2.24, 2.45) is 0 Å². The minimum atomic E-state index is -0.842. The van der Waals surface area contributed by atoms with Crippen LogP contribution in [0, 0.1) is 0 Å². The Morgan fingerprint density at radius 3 is 2.32 bits per heavy atom. The molecule has 0 aliphatic rings. The summed E-state index contributed by atoms with van der Waals surface area (Å²) >= 11 is 0. The lowest BCUT2D eigenvalue weighted by Crippen LogP contribution is -2.21. The topological polar surface area (TPSA) is 83.4 Å². The predicted octanol–water partition coefficient (Wildman–Crippen LogP) is 1.86. The van der Waals surface area contributed by atoms with Gasteiger partial charge in [0.2, 0.25) is 0 Å². The first-order chi connectivity index (χ1) is 10.5. The minimum Gasteiger partial charge on any atom is -0.481 e. The molecule has 0 aliphatic heterocycles. The molecule has 2 rings (SSSR count). The van der Waals surface area contributed by atoms with E-state index in [-0.39, 0.29) is 12.3 Å². The SMILES string of the molecule is CN(C)C(=O)c1cncc(-c2cncc(CCC(=O)O)c2)c1. The molecule has 22 heavy (non-hydrogen) atoms. The lowest BCUT2D eigenvalue weighted by atomic mass is 10.0. The van der Waals surface area contributed by atoms with Crippen LogP contribution in [0.15, 0.2) is 36.9 Å². The number of carbonyl (C=O) groups excluding carboxylic acids is 1. The molecule has 0 saturated heterocycles. The summed E-state index contributed by atoms with van der Waals surface area (Å²) in [6.07, 6.45) is 6.97. The van der Waals surface area contributed by atoms with Gasteiger partial charge in [-0.3, -0.25) is 19.6 Å². The zero-order valence-corrected chi connectivity index (χ0v) is 12.5. The van der Waals surface area contributed by atoms with Crippen molar-refractivity contribution >= 4 is 11.9 Å². The van der Waals surface area contributed by atoms with Crippen LogP contribution in [0.4, 0.5) is 0 Å². The second-order valence-corrected chi connectivity index (χ2v) is 5.14. The highest BCUT2D eigenvalue weighted by Crippen LogP contribution is 2.20. The van der Waals surface area contributed by atoms with E-state index in [0.29, 0.717) is 12.0 Å². The van der Waals surface area contributed by atoms with E-state index >= 15 is 0 Å². The van der Waals surface area contributed by atoms with Gasteiger partial charge in [0.25, 0.3) is 5.91 Å². The number of hydrogen-bond acceptors (Lipinski definition) is 4. The minimum absolute atomic E-state index is 0.0581. The van der Waals surface area contributed by atoms with Gasteiger partial charge in [0.1, 0.15) is 0 Å². The lowest BCUT2D eigenvalue weighted by Gasteiger charge is -2.11. The summed E-state index contributed by atoms with van der Waals surface area (Å²) in [6, 6.07) is 3.63. The molecule has 0 aromatic carbocycles. The Hall–Kier alpha value is -2.76. The Morgan fingerprint density at radius 1 is 1.05 bits per heavy atom. The van der Waals surface area contributed by atoms with Crippen molar-refractivity contribution in [1.82, 2.24) is 14.9 Å². The van der Waals surface area contributed by atoms with E-state index in [0.717, 1.165) is 16.7 Å². The molecule has 2 aromatic rings. The van der Waals surface area contributed by atoms with Crippen LogP contribution in [-0.4, -0.2) is 45.9 Å². The van der Waals surface area contributed by atoms with Gasteiger partial charge in [-0.1, -0.05) is 0 Å². The van der Waals surface area contributed by atoms with Gasteiger partial charge in [-0.05, 0) is 24.1 Å². The Balaban J connectivity index is 2.28. The molecule has 0 radical (unpaired) electrons. The molecule has 6 heteroatoms. The summed E-state index contributed by atoms with van der Waals surface area (Å²) in [5, 5.41) is 8.74. The first-order valence-electron chi connectivity index (χ1n) is 6.80. The molecular formula is C16H17N3O3. The molecule has 6 nitrogen and oxygen atoms in total. The third kappa shape index (κ3) is 3.88. The van der Waals surface area contributed by atoms with Crippen molar-refractivity contribution < 1.29 is 14.7 Å². The average molecular weight is 299 g/mol. The van der Waals surface area contributed by atoms with Gasteiger partial charge in [-0.2, -0.15) is 0 Å². The maximum atomic E-state index is 12.0. The summed E-state index contributed by atoms with van der Waals surface area (Å²) in [5.41, 5.74) is 2.92. The lowest BCUT2D eigenvalue weighted by molar-refractivity contribution is -0.136. The van der Waals surface area contributed by atoms with Gasteiger partial charge in [0.05, 0.1) is 5.56 Å². The Bertz CT molecular complexity index is 699. The van der Waals surface area contributed by atoms with E-state index in [2.05, 4.69) is 9.97 Å². The van der Waals surface area contributed by atoms with Gasteiger partial charge in [0.15, 0.2) is 0 Å². The van der Waals surface area contributed by atoms with Crippen molar-refractivity contribution in [3.05, 3.63) is 48.0 Å². The molecule has 0 aliphatic carbocycles. The summed E-state index contributed by atoms with van der Waals surface area (Å²) in [7, 11) is 3.37. The highest BCUT2D eigenvalue weighted by Gasteiger charge is 2.10. The number of pyridine rings is 2. The van der Waals surface area contributed by atoms with Gasteiger partial charge in [0, 0.05) is 56.4 Å². The summed E-state index contributed by atoms with van der Waals surface area (Å²) in [5.74, 6) is -0.963. The molecule has 0 unspecified atom stereocenters. The molecule has 0 spiro atoms. The number of nitrogens with zero attached hydrogens (tertiary/aromatic N) is 3. The summed E-state index contributed by atoms with van der Waals surface area (Å²) in [6.45, 7) is 0. The van der Waals surface area contributed by atoms with E-state index in [4.69, 9.17) is 5.11 Å². The van der Waals surface area contributed by atoms with Gasteiger partial charge < -0.3 is 10.0 Å². The maximum Gasteiger partial charge on any atom is 0.303 e. The highest BCUT2D eigenvalue weighted by molar-refractivity contribution is 5.94. The van der Waals surface area contributed by atoms with Crippen molar-refractivity contribution in [3.63, 3.8) is 0 Å². The second kappa shape index (κ2) is 6.80. The van der Waals surface area contributed by atoms with Crippen LogP contribution >= 0.6 is 0 Å². The van der Waals surface area contributed by atoms with Crippen molar-refractivity contribution in [1.29, 1.82) is 0 Å². The van der Waals surface area contributed by atoms with Crippen LogP contribution in [-0.2, 0) is 11.2 Å². The van der Waals surface area contributed by atoms with Crippen LogP contribution in [0.1, 0.15) is 22.3 Å². The monoisotopic (exact) mass is 299 g/mol. The molecule has 2 heterocycles. The van der Waals surface area contributed by atoms with Crippen LogP contribution in [0.3, 0.4) is 0 Å². The first kappa shape index (κ1) is 15.6. The number of carboxylic acids is 1. The van der Waals surface area contributed by atoms with E-state index in [1.807, 2.05) is 6.07 Å². The number of aryl methyl sites for hydroxylation is 1. The van der Waals surface area contributed by atoms with Gasteiger partial charge >= 0.3 is 5.97 Å². The number of aromatic nitrogens is 2. The van der Waals surface area contributed by atoms with E-state index in [1.165, 1.54) is 11.1 Å². The molecule has 0 fully saturated rings. The van der Waals surface area contributed by atoms with E-state index < -0.39 is 5.97 Å². The van der Waals surface area contributed by atoms with Crippen LogP contribution in [0.2, 0.25) is 0 Å². The maximum absolute atomic E-state index is 12.0. The largest absolute Gasteiger partial charge is 0.481 e. The predicted molar refractivity (Wildman–Crippen MR) is 81.4 cm³/mol. The Labute approximate surface area is 128 Å². The third-order valence-electron chi connectivity index (χ3n) is 3.15. The normalized spacial score (nSPS) is 10.3. The fourth-order valence-electron chi connectivity index (χ4n) is 2.01. The molecular weight excluding hydrogens is 282 g/mol. The summed E-state index contributed by atoms with van der Waals surface area (Å²) in [4.78, 5) is 32.3. The Morgan fingerprint density at radius 2 is 1.68 bits per heavy atom. The molecule has 1 amide bonds. The third-order valence-corrected chi connectivity index (χ3v) is 3.15. The van der Waals surface area contributed by atoms with Gasteiger partial charge in [-0.15, -0.1) is 0 Å². The van der Waals surface area contributed by atoms with Crippen LogP contribution in [0.5, 0.6) is 0 Å². The fourth-order valence-corrected chi connectivity index (χ4v) is 2.01. The zero-order valence-electron chi connectivity index (χ0n) is 12.5. The zero-order chi connectivity index (χ0) is 16.1. The molecule has 1 N–H and O–H groups in total. The number of rotatable bonds is 5. The quantitative estimate of drug-likeness (QED) is 0.911. The Kier molecular flexibility index (Phi) is 4.83. The highest BCUT2D eigenvalue weighted by atomic mass is 16.4. The molecule has 0 saturated carbocycles. The number of aliphatic carboxylic acids is 1. The van der Waals surface area contributed by atoms with Crippen LogP contribution in [0.25, 0.3) is 11.1 Å². The van der Waals surface area contributed by atoms with E-state index in [9.17, 15) is 9.59 Å². The van der Waals surface area contributed by atoms with Crippen molar-refractivity contribution in [2.75, 3.05) is 14.1 Å². The average Bonchev–Trinajstić information content (AvgIpc) is 2.52. The molecule has 114 valence electrons. The first-order valence-corrected chi connectivity index (χ1v) is 6.80. The van der Waals surface area contributed by atoms with Crippen LogP contribution < -0.4 is 0 Å². The van der Waals surface area contributed by atoms with Crippen molar-refractivity contribution in [3.8, 4) is 11.1 Å². The fraction of sp³-hybridized carbons (Fsp3) is 0.250. The number of carbonyl (C=O) groups is 2. The number of hydrogen-bond donors (Lipinski definition) is 1. The summed E-state index contributed by atoms with van der Waals surface area (Å²) < 4.78 is 0. The second-order valence-electron chi connectivity index (χ2n) is 5.14. The molecule has 2 aromatic heterocycles. The molecule has 0 atom stereocenters. The standard InChI is InChI=1S/C16H17N3O3/c1-19(2)16(22)14-6-13(9-18-10-14)12-5-11(7-17-8-12)3-4-15(20)21/h5-10H,3-4H2,1-2H3,(H,20,21). The smallest absolute Gasteiger partial charge is 0.303 e. The van der Waals surface area contributed by atoms with E-state index in [1.54, 1.807) is 38.8 Å². The molecule has 0 bridgehead atoms. The number of carboxylic acid groups (broad SMARTS) is 1. The van der Waals surface area contributed by atoms with Crippen molar-refractivity contribution in [2.45, 2.75) is 12.8 Å².